The van der Waals surface area contributed by atoms with Crippen LogP contribution in [0.4, 0.5) is 16.3 Å². The van der Waals surface area contributed by atoms with Crippen LogP contribution in [0.5, 0.6) is 0 Å². The molecule has 0 bridgehead atoms. The maximum atomic E-state index is 12.5. The van der Waals surface area contributed by atoms with Crippen LogP contribution in [-0.4, -0.2) is 47.9 Å². The van der Waals surface area contributed by atoms with Gasteiger partial charge >= 0.3 is 6.03 Å². The Morgan fingerprint density at radius 2 is 2.00 bits per heavy atom. The van der Waals surface area contributed by atoms with Crippen LogP contribution >= 0.6 is 0 Å². The van der Waals surface area contributed by atoms with Gasteiger partial charge in [0.1, 0.15) is 11.7 Å². The average molecular weight is 423 g/mol. The van der Waals surface area contributed by atoms with Crippen molar-refractivity contribution in [3.05, 3.63) is 47.7 Å². The van der Waals surface area contributed by atoms with Crippen LogP contribution < -0.4 is 16.4 Å². The molecule has 7 nitrogen and oxygen atoms in total. The normalized spacial score (nSPS) is 20.5. The molecule has 1 saturated carbocycles. The molecule has 1 aliphatic carbocycles. The van der Waals surface area contributed by atoms with Crippen LogP contribution in [0.1, 0.15) is 62.0 Å². The Bertz CT molecular complexity index is 914. The van der Waals surface area contributed by atoms with E-state index in [1.807, 2.05) is 31.4 Å². The highest BCUT2D eigenvalue weighted by molar-refractivity contribution is 6.02. The lowest BCUT2D eigenvalue weighted by molar-refractivity contribution is 0.244. The summed E-state index contributed by atoms with van der Waals surface area (Å²) in [6.45, 7) is 1.85. The average Bonchev–Trinajstić information content (AvgIpc) is 3.21. The smallest absolute Gasteiger partial charge is 0.319 e. The highest BCUT2D eigenvalue weighted by Crippen LogP contribution is 2.30. The zero-order valence-electron chi connectivity index (χ0n) is 18.4. The van der Waals surface area contributed by atoms with Gasteiger partial charge in [0.15, 0.2) is 0 Å². The summed E-state index contributed by atoms with van der Waals surface area (Å²) in [5, 5.41) is 6.16. The zero-order chi connectivity index (χ0) is 21.6. The molecule has 1 aromatic heterocycles. The summed E-state index contributed by atoms with van der Waals surface area (Å²) in [6, 6.07) is 10.5. The van der Waals surface area contributed by atoms with Gasteiger partial charge in [-0.1, -0.05) is 31.4 Å². The molecule has 2 amide bonds. The fourth-order valence-corrected chi connectivity index (χ4v) is 4.92. The number of aliphatic imine (C=N–C) groups is 1. The standard InChI is InChI=1S/C24H34N6O/c1-26-23(21-12-13-27-22(21)25)30-14-6-8-18(16-30)17-7-5-11-20(15-17)29-24(31)28-19-9-3-2-4-10-19/h5,7,11-13,15,18-19,27H,2-4,6,8-10,14,16,25H2,1H3,(H2,28,29,31). The molecule has 0 radical (unpaired) electrons. The third kappa shape index (κ3) is 5.21. The van der Waals surface area contributed by atoms with Crippen LogP contribution in [0.25, 0.3) is 0 Å². The number of amidine groups is 1. The molecule has 1 unspecified atom stereocenters. The second-order valence-corrected chi connectivity index (χ2v) is 8.70. The van der Waals surface area contributed by atoms with E-state index in [4.69, 9.17) is 5.73 Å². The number of benzene rings is 1. The van der Waals surface area contributed by atoms with Crippen LogP contribution in [0, 0.1) is 0 Å². The Hall–Kier alpha value is -2.96. The molecule has 4 rings (SSSR count). The first-order chi connectivity index (χ1) is 15.1. The van der Waals surface area contributed by atoms with E-state index in [0.717, 1.165) is 55.9 Å². The fourth-order valence-electron chi connectivity index (χ4n) is 4.92. The van der Waals surface area contributed by atoms with E-state index in [1.54, 1.807) is 0 Å². The summed E-state index contributed by atoms with van der Waals surface area (Å²) >= 11 is 0. The number of nitrogen functional groups attached to an aromatic ring is 1. The van der Waals surface area contributed by atoms with E-state index in [9.17, 15) is 4.79 Å². The maximum absolute atomic E-state index is 12.5. The molecule has 5 N–H and O–H groups in total. The summed E-state index contributed by atoms with van der Waals surface area (Å²) < 4.78 is 0. The van der Waals surface area contributed by atoms with E-state index in [1.165, 1.54) is 24.8 Å². The van der Waals surface area contributed by atoms with Crippen molar-refractivity contribution >= 4 is 23.4 Å². The number of carbonyl (C=O) groups excluding carboxylic acids is 1. The Morgan fingerprint density at radius 3 is 2.74 bits per heavy atom. The Morgan fingerprint density at radius 1 is 1.16 bits per heavy atom. The lowest BCUT2D eigenvalue weighted by Gasteiger charge is -2.35. The van der Waals surface area contributed by atoms with Gasteiger partial charge in [0.05, 0.1) is 5.56 Å². The topological polar surface area (TPSA) is 98.5 Å². The molecule has 31 heavy (non-hydrogen) atoms. The number of anilines is 2. The van der Waals surface area contributed by atoms with E-state index >= 15 is 0 Å². The van der Waals surface area contributed by atoms with Crippen molar-refractivity contribution < 1.29 is 4.79 Å². The number of carbonyl (C=O) groups is 1. The third-order valence-electron chi connectivity index (χ3n) is 6.51. The highest BCUT2D eigenvalue weighted by Gasteiger charge is 2.25. The molecule has 2 heterocycles. The first kappa shape index (κ1) is 21.3. The van der Waals surface area contributed by atoms with Gasteiger partial charge in [0.2, 0.25) is 0 Å². The number of nitrogens with zero attached hydrogens (tertiary/aromatic N) is 2. The molecule has 7 heteroatoms. The number of nitrogens with one attached hydrogen (secondary N) is 3. The minimum absolute atomic E-state index is 0.0994. The Kier molecular flexibility index (Phi) is 6.79. The summed E-state index contributed by atoms with van der Waals surface area (Å²) in [6.07, 6.45) is 9.91. The Labute approximate surface area is 184 Å². The first-order valence-electron chi connectivity index (χ1n) is 11.5. The van der Waals surface area contributed by atoms with Crippen molar-refractivity contribution in [1.82, 2.24) is 15.2 Å². The number of piperidine rings is 1. The van der Waals surface area contributed by atoms with Crippen molar-refractivity contribution in [2.24, 2.45) is 4.99 Å². The van der Waals surface area contributed by atoms with E-state index in [2.05, 4.69) is 37.6 Å². The lowest BCUT2D eigenvalue weighted by Crippen LogP contribution is -2.40. The molecule has 1 aliphatic heterocycles. The highest BCUT2D eigenvalue weighted by atomic mass is 16.2. The van der Waals surface area contributed by atoms with Crippen LogP contribution in [0.15, 0.2) is 41.5 Å². The molecular weight excluding hydrogens is 388 g/mol. The van der Waals surface area contributed by atoms with Crippen molar-refractivity contribution in [3.63, 3.8) is 0 Å². The number of aromatic amines is 1. The number of nitrogens with two attached hydrogens (primary N) is 1. The van der Waals surface area contributed by atoms with Crippen molar-refractivity contribution in [3.8, 4) is 0 Å². The lowest BCUT2D eigenvalue weighted by atomic mass is 9.90. The van der Waals surface area contributed by atoms with Crippen LogP contribution in [0.3, 0.4) is 0 Å². The van der Waals surface area contributed by atoms with Crippen LogP contribution in [-0.2, 0) is 0 Å². The summed E-state index contributed by atoms with van der Waals surface area (Å²) in [5.41, 5.74) is 9.15. The SMILES string of the molecule is CN=C(c1cc[nH]c1N)N1CCCC(c2cccc(NC(=O)NC3CCCCC3)c2)C1. The summed E-state index contributed by atoms with van der Waals surface area (Å²) in [4.78, 5) is 22.4. The molecule has 1 atom stereocenters. The minimum Gasteiger partial charge on any atom is -0.385 e. The number of H-pyrrole nitrogens is 1. The monoisotopic (exact) mass is 422 g/mol. The van der Waals surface area contributed by atoms with Gasteiger partial charge in [-0.2, -0.15) is 0 Å². The minimum atomic E-state index is -0.0994. The third-order valence-corrected chi connectivity index (χ3v) is 6.51. The first-order valence-corrected chi connectivity index (χ1v) is 11.5. The fraction of sp³-hybridized carbons (Fsp3) is 0.500. The maximum Gasteiger partial charge on any atom is 0.319 e. The Balaban J connectivity index is 1.41. The van der Waals surface area contributed by atoms with Gasteiger partial charge in [-0.3, -0.25) is 4.99 Å². The summed E-state index contributed by atoms with van der Waals surface area (Å²) in [7, 11) is 1.82. The van der Waals surface area contributed by atoms with E-state index in [0.29, 0.717) is 17.8 Å². The quantitative estimate of drug-likeness (QED) is 0.436. The predicted octanol–water partition coefficient (Wildman–Crippen LogP) is 4.31. The summed E-state index contributed by atoms with van der Waals surface area (Å²) in [5.74, 6) is 1.97. The second-order valence-electron chi connectivity index (χ2n) is 8.70. The van der Waals surface area contributed by atoms with Gasteiger partial charge in [0.25, 0.3) is 0 Å². The molecule has 1 saturated heterocycles. The number of amides is 2. The number of likely N-dealkylation sites (tertiary alicyclic amines) is 1. The largest absolute Gasteiger partial charge is 0.385 e. The van der Waals surface area contributed by atoms with E-state index < -0.39 is 0 Å². The number of urea groups is 1. The molecule has 166 valence electrons. The molecule has 0 spiro atoms. The molecule has 2 fully saturated rings. The number of hydrogen-bond donors (Lipinski definition) is 4. The number of rotatable bonds is 4. The predicted molar refractivity (Wildman–Crippen MR) is 127 cm³/mol. The van der Waals surface area contributed by atoms with Crippen molar-refractivity contribution in [1.29, 1.82) is 0 Å². The van der Waals surface area contributed by atoms with Crippen molar-refractivity contribution in [2.75, 3.05) is 31.2 Å². The van der Waals surface area contributed by atoms with Gasteiger partial charge in [-0.05, 0) is 49.4 Å². The number of hydrogen-bond acceptors (Lipinski definition) is 3. The molecular formula is C24H34N6O. The van der Waals surface area contributed by atoms with Crippen molar-refractivity contribution in [2.45, 2.75) is 56.9 Å². The van der Waals surface area contributed by atoms with Gasteiger partial charge in [-0.15, -0.1) is 0 Å². The van der Waals surface area contributed by atoms with Gasteiger partial charge < -0.3 is 26.3 Å². The second kappa shape index (κ2) is 9.90. The molecule has 2 aliphatic rings. The molecule has 2 aromatic rings. The van der Waals surface area contributed by atoms with Crippen LogP contribution in [0.2, 0.25) is 0 Å². The van der Waals surface area contributed by atoms with Gasteiger partial charge in [0, 0.05) is 44.0 Å². The van der Waals surface area contributed by atoms with E-state index in [-0.39, 0.29) is 6.03 Å². The zero-order valence-corrected chi connectivity index (χ0v) is 18.4. The molecule has 1 aromatic carbocycles. The number of aromatic nitrogens is 1. The van der Waals surface area contributed by atoms with Gasteiger partial charge in [-0.25, -0.2) is 4.79 Å².